The van der Waals surface area contributed by atoms with Crippen LogP contribution in [0.25, 0.3) is 22.6 Å². The second kappa shape index (κ2) is 11.3. The first-order valence-corrected chi connectivity index (χ1v) is 13.9. The Morgan fingerprint density at radius 2 is 1.86 bits per heavy atom. The number of rotatable bonds is 8. The molecule has 1 N–H and O–H groups in total. The molecule has 2 heterocycles. The molecule has 2 aromatic heterocycles. The van der Waals surface area contributed by atoms with E-state index < -0.39 is 15.9 Å². The molecule has 0 aliphatic carbocycles. The van der Waals surface area contributed by atoms with Crippen LogP contribution in [0.3, 0.4) is 0 Å². The van der Waals surface area contributed by atoms with Gasteiger partial charge in [-0.05, 0) is 53.3 Å². The average Bonchev–Trinajstić information content (AvgIpc) is 3.47. The monoisotopic (exact) mass is 557 g/mol. The predicted molar refractivity (Wildman–Crippen MR) is 147 cm³/mol. The van der Waals surface area contributed by atoms with Crippen molar-refractivity contribution in [3.05, 3.63) is 110 Å². The van der Waals surface area contributed by atoms with Crippen LogP contribution in [0, 0.1) is 6.92 Å². The van der Waals surface area contributed by atoms with Crippen LogP contribution < -0.4 is 4.72 Å². The number of sulfonamides is 1. The van der Waals surface area contributed by atoms with Crippen LogP contribution in [0.5, 0.6) is 0 Å². The molecule has 2 aromatic carbocycles. The van der Waals surface area contributed by atoms with E-state index in [-0.39, 0.29) is 5.15 Å². The van der Waals surface area contributed by atoms with Gasteiger partial charge in [0, 0.05) is 16.0 Å². The predicted octanol–water partition coefficient (Wildman–Crippen LogP) is 6.41. The third kappa shape index (κ3) is 6.53. The molecule has 184 valence electrons. The van der Waals surface area contributed by atoms with Crippen LogP contribution in [0.4, 0.5) is 0 Å². The molecule has 6 nitrogen and oxygen atoms in total. The highest BCUT2D eigenvalue weighted by atomic mass is 35.5. The zero-order valence-corrected chi connectivity index (χ0v) is 22.2. The lowest BCUT2D eigenvalue weighted by atomic mass is 10.1. The minimum atomic E-state index is -3.98. The summed E-state index contributed by atoms with van der Waals surface area (Å²) >= 11 is 14.5. The van der Waals surface area contributed by atoms with E-state index in [9.17, 15) is 13.2 Å². The molecule has 0 saturated carbocycles. The van der Waals surface area contributed by atoms with Crippen molar-refractivity contribution in [3.8, 4) is 10.4 Å². The second-order valence-corrected chi connectivity index (χ2v) is 11.0. The van der Waals surface area contributed by atoms with Crippen molar-refractivity contribution < 1.29 is 13.2 Å². The third-order valence-electron chi connectivity index (χ3n) is 5.21. The van der Waals surface area contributed by atoms with Crippen molar-refractivity contribution >= 4 is 62.6 Å². The lowest BCUT2D eigenvalue weighted by molar-refractivity contribution is -0.114. The maximum absolute atomic E-state index is 12.3. The van der Waals surface area contributed by atoms with E-state index in [1.165, 1.54) is 12.2 Å². The molecule has 0 saturated heterocycles. The van der Waals surface area contributed by atoms with Gasteiger partial charge in [-0.25, -0.2) is 18.1 Å². The molecule has 0 radical (unpaired) electrons. The van der Waals surface area contributed by atoms with E-state index >= 15 is 0 Å². The van der Waals surface area contributed by atoms with E-state index in [0.717, 1.165) is 27.5 Å². The number of imidazole rings is 1. The van der Waals surface area contributed by atoms with Crippen LogP contribution >= 0.6 is 34.5 Å². The summed E-state index contributed by atoms with van der Waals surface area (Å²) in [7, 11) is -3.98. The summed E-state index contributed by atoms with van der Waals surface area (Å²) in [4.78, 5) is 17.7. The van der Waals surface area contributed by atoms with Crippen molar-refractivity contribution in [3.63, 3.8) is 0 Å². The highest BCUT2D eigenvalue weighted by Gasteiger charge is 2.15. The Bertz CT molecular complexity index is 1540. The van der Waals surface area contributed by atoms with E-state index in [1.54, 1.807) is 42.5 Å². The number of nitrogens with one attached hydrogen (secondary N) is 1. The van der Waals surface area contributed by atoms with Gasteiger partial charge in [0.2, 0.25) is 0 Å². The van der Waals surface area contributed by atoms with Crippen LogP contribution in [-0.2, 0) is 21.4 Å². The fraction of sp³-hybridized carbons (Fsp3) is 0.0769. The normalized spacial score (nSPS) is 12.0. The Morgan fingerprint density at radius 1 is 1.08 bits per heavy atom. The molecular formula is C26H21Cl2N3O3S2. The molecule has 10 heteroatoms. The summed E-state index contributed by atoms with van der Waals surface area (Å²) in [5.74, 6) is -0.190. The van der Waals surface area contributed by atoms with Crippen molar-refractivity contribution in [2.45, 2.75) is 13.5 Å². The number of carbonyl (C=O) groups is 1. The molecule has 4 aromatic rings. The summed E-state index contributed by atoms with van der Waals surface area (Å²) in [6.07, 6.45) is 3.94. The molecular weight excluding hydrogens is 537 g/mol. The smallest absolute Gasteiger partial charge is 0.257 e. The molecule has 0 bridgehead atoms. The first kappa shape index (κ1) is 25.9. The van der Waals surface area contributed by atoms with E-state index in [2.05, 4.69) is 4.98 Å². The van der Waals surface area contributed by atoms with Crippen LogP contribution in [0.1, 0.15) is 22.6 Å². The zero-order valence-electron chi connectivity index (χ0n) is 19.1. The minimum absolute atomic E-state index is 0.190. The van der Waals surface area contributed by atoms with Crippen LogP contribution in [-0.4, -0.2) is 23.9 Å². The lowest BCUT2D eigenvalue weighted by Crippen LogP contribution is -2.26. The SMILES string of the molecule is Cc1nc(Cl)c(C=CC(=O)NS(=O)(=O)C=Cc2ccccc2)n1Cc1ccc(-c2cccs2)cc1Cl. The highest BCUT2D eigenvalue weighted by Crippen LogP contribution is 2.30. The van der Waals surface area contributed by atoms with Crippen molar-refractivity contribution in [2.75, 3.05) is 0 Å². The second-order valence-electron chi connectivity index (χ2n) is 7.76. The molecule has 0 fully saturated rings. The zero-order chi connectivity index (χ0) is 25.7. The number of nitrogens with zero attached hydrogens (tertiary/aromatic N) is 2. The number of hydrogen-bond acceptors (Lipinski definition) is 5. The largest absolute Gasteiger partial charge is 0.323 e. The maximum Gasteiger partial charge on any atom is 0.257 e. The van der Waals surface area contributed by atoms with Gasteiger partial charge in [-0.3, -0.25) is 4.79 Å². The Kier molecular flexibility index (Phi) is 8.11. The van der Waals surface area contributed by atoms with E-state index in [4.69, 9.17) is 23.2 Å². The van der Waals surface area contributed by atoms with Gasteiger partial charge in [0.1, 0.15) is 5.82 Å². The lowest BCUT2D eigenvalue weighted by Gasteiger charge is -2.11. The Morgan fingerprint density at radius 3 is 2.56 bits per heavy atom. The first-order chi connectivity index (χ1) is 17.2. The molecule has 0 unspecified atom stereocenters. The summed E-state index contributed by atoms with van der Waals surface area (Å²) in [6, 6.07) is 18.8. The van der Waals surface area contributed by atoms with Gasteiger partial charge in [-0.2, -0.15) is 0 Å². The number of amides is 1. The fourth-order valence-corrected chi connectivity index (χ4v) is 5.45. The number of aryl methyl sites for hydroxylation is 1. The first-order valence-electron chi connectivity index (χ1n) is 10.7. The standard InChI is InChI=1S/C26H21Cl2N3O3S2/c1-18-29-26(28)23(11-12-25(32)30-36(33,34)15-13-19-6-3-2-4-7-19)31(18)17-21-10-9-20(16-22(21)27)24-8-5-14-35-24/h2-16H,17H2,1H3,(H,30,32). The van der Waals surface area contributed by atoms with E-state index in [1.807, 2.05) is 51.1 Å². The van der Waals surface area contributed by atoms with Gasteiger partial charge in [0.25, 0.3) is 15.9 Å². The molecule has 36 heavy (non-hydrogen) atoms. The highest BCUT2D eigenvalue weighted by molar-refractivity contribution is 7.93. The Hall–Kier alpha value is -3.17. The van der Waals surface area contributed by atoms with Gasteiger partial charge >= 0.3 is 0 Å². The van der Waals surface area contributed by atoms with Gasteiger partial charge < -0.3 is 4.57 Å². The minimum Gasteiger partial charge on any atom is -0.323 e. The van der Waals surface area contributed by atoms with Crippen molar-refractivity contribution in [2.24, 2.45) is 0 Å². The van der Waals surface area contributed by atoms with Crippen LogP contribution in [0.2, 0.25) is 10.2 Å². The maximum atomic E-state index is 12.3. The summed E-state index contributed by atoms with van der Waals surface area (Å²) in [5.41, 5.74) is 3.03. The van der Waals surface area contributed by atoms with E-state index in [0.29, 0.717) is 28.6 Å². The number of hydrogen-bond donors (Lipinski definition) is 1. The summed E-state index contributed by atoms with van der Waals surface area (Å²) in [5, 5.41) is 3.73. The molecule has 0 spiro atoms. The molecule has 0 aliphatic rings. The number of carbonyl (C=O) groups excluding carboxylic acids is 1. The molecule has 0 aliphatic heterocycles. The van der Waals surface area contributed by atoms with Crippen LogP contribution in [0.15, 0.2) is 77.5 Å². The number of halogens is 2. The van der Waals surface area contributed by atoms with Crippen molar-refractivity contribution in [1.29, 1.82) is 0 Å². The van der Waals surface area contributed by atoms with Crippen molar-refractivity contribution in [1.82, 2.24) is 14.3 Å². The molecule has 4 rings (SSSR count). The van der Waals surface area contributed by atoms with Gasteiger partial charge in [0.05, 0.1) is 17.6 Å². The molecule has 0 atom stereocenters. The van der Waals surface area contributed by atoms with Gasteiger partial charge in [-0.1, -0.05) is 71.7 Å². The average molecular weight is 559 g/mol. The fourth-order valence-electron chi connectivity index (χ4n) is 3.44. The van der Waals surface area contributed by atoms with Gasteiger partial charge in [0.15, 0.2) is 5.15 Å². The number of aromatic nitrogens is 2. The number of benzene rings is 2. The number of thiophene rings is 1. The summed E-state index contributed by atoms with van der Waals surface area (Å²) < 4.78 is 28.3. The Balaban J connectivity index is 1.49. The van der Waals surface area contributed by atoms with Gasteiger partial charge in [-0.15, -0.1) is 11.3 Å². The Labute approximate surface area is 223 Å². The summed E-state index contributed by atoms with van der Waals surface area (Å²) in [6.45, 7) is 2.16. The third-order valence-corrected chi connectivity index (χ3v) is 7.74. The quantitative estimate of drug-likeness (QED) is 0.254. The molecule has 1 amide bonds. The topological polar surface area (TPSA) is 81.1 Å².